The highest BCUT2D eigenvalue weighted by Gasteiger charge is 2.51. The molecule has 170 valence electrons. The van der Waals surface area contributed by atoms with Crippen molar-refractivity contribution in [2.24, 2.45) is 11.8 Å². The zero-order valence-electron chi connectivity index (χ0n) is 18.5. The van der Waals surface area contributed by atoms with Crippen molar-refractivity contribution in [1.29, 1.82) is 5.26 Å². The average Bonchev–Trinajstić information content (AvgIpc) is 3.35. The summed E-state index contributed by atoms with van der Waals surface area (Å²) < 4.78 is 34.0. The Labute approximate surface area is 193 Å². The Morgan fingerprint density at radius 1 is 0.970 bits per heavy atom. The Hall–Kier alpha value is -2.91. The van der Waals surface area contributed by atoms with Gasteiger partial charge in [-0.3, -0.25) is 4.90 Å². The molecule has 1 spiro atoms. The van der Waals surface area contributed by atoms with Gasteiger partial charge in [0.2, 0.25) is 0 Å². The molecule has 33 heavy (non-hydrogen) atoms. The number of hydrogen-bond acceptors (Lipinski definition) is 4. The van der Waals surface area contributed by atoms with Gasteiger partial charge in [-0.1, -0.05) is 6.08 Å². The number of ether oxygens (including phenoxy) is 1. The van der Waals surface area contributed by atoms with Gasteiger partial charge in [0, 0.05) is 43.5 Å². The third-order valence-electron chi connectivity index (χ3n) is 8.15. The molecule has 2 aromatic rings. The van der Waals surface area contributed by atoms with Crippen LogP contribution in [0.15, 0.2) is 42.5 Å². The molecular weight excluding hydrogens is 420 g/mol. The maximum atomic E-state index is 14.0. The number of piperazine rings is 1. The Morgan fingerprint density at radius 2 is 1.73 bits per heavy atom. The molecule has 1 saturated heterocycles. The lowest BCUT2D eigenvalue weighted by atomic mass is 9.92. The summed E-state index contributed by atoms with van der Waals surface area (Å²) in [4.78, 5) is 4.82. The van der Waals surface area contributed by atoms with Gasteiger partial charge in [0.1, 0.15) is 29.1 Å². The first-order chi connectivity index (χ1) is 16.0. The number of anilines is 1. The van der Waals surface area contributed by atoms with Gasteiger partial charge in [0.25, 0.3) is 0 Å². The molecule has 0 amide bonds. The van der Waals surface area contributed by atoms with Gasteiger partial charge in [0.15, 0.2) is 0 Å². The van der Waals surface area contributed by atoms with Crippen LogP contribution >= 0.6 is 0 Å². The van der Waals surface area contributed by atoms with E-state index in [1.165, 1.54) is 31.0 Å². The SMILES string of the molecule is N#Cc1ccc(N2CCN(C3CC4CC5(C=Cc6cc(F)ccc6O5)CC4C3)CC2)cc1F. The average molecular weight is 448 g/mol. The summed E-state index contributed by atoms with van der Waals surface area (Å²) >= 11 is 0. The minimum Gasteiger partial charge on any atom is -0.483 e. The van der Waals surface area contributed by atoms with Gasteiger partial charge in [0.05, 0.1) is 5.56 Å². The third kappa shape index (κ3) is 3.69. The number of benzene rings is 2. The van der Waals surface area contributed by atoms with Crippen molar-refractivity contribution in [2.45, 2.75) is 37.3 Å². The van der Waals surface area contributed by atoms with Crippen LogP contribution in [-0.4, -0.2) is 42.7 Å². The third-order valence-corrected chi connectivity index (χ3v) is 8.15. The van der Waals surface area contributed by atoms with E-state index in [0.29, 0.717) is 17.9 Å². The van der Waals surface area contributed by atoms with E-state index in [2.05, 4.69) is 15.9 Å². The van der Waals surface area contributed by atoms with E-state index in [1.807, 2.05) is 18.2 Å². The van der Waals surface area contributed by atoms with Crippen LogP contribution in [0.5, 0.6) is 5.75 Å². The summed E-state index contributed by atoms with van der Waals surface area (Å²) in [5.41, 5.74) is 1.55. The molecule has 2 unspecified atom stereocenters. The molecule has 0 N–H and O–H groups in total. The summed E-state index contributed by atoms with van der Waals surface area (Å²) in [6.07, 6.45) is 8.66. The zero-order valence-corrected chi connectivity index (χ0v) is 18.5. The van der Waals surface area contributed by atoms with Crippen LogP contribution < -0.4 is 9.64 Å². The lowest BCUT2D eigenvalue weighted by Gasteiger charge is -2.40. The van der Waals surface area contributed by atoms with Gasteiger partial charge in [-0.15, -0.1) is 0 Å². The van der Waals surface area contributed by atoms with Crippen molar-refractivity contribution >= 4 is 11.8 Å². The summed E-state index contributed by atoms with van der Waals surface area (Å²) in [6, 6.07) is 12.2. The molecule has 4 nitrogen and oxygen atoms in total. The van der Waals surface area contributed by atoms with Crippen LogP contribution in [-0.2, 0) is 0 Å². The van der Waals surface area contributed by atoms with E-state index >= 15 is 0 Å². The van der Waals surface area contributed by atoms with Crippen molar-refractivity contribution in [2.75, 3.05) is 31.1 Å². The topological polar surface area (TPSA) is 39.5 Å². The van der Waals surface area contributed by atoms with Crippen LogP contribution in [0.4, 0.5) is 14.5 Å². The van der Waals surface area contributed by atoms with Gasteiger partial charge >= 0.3 is 0 Å². The second-order valence-corrected chi connectivity index (χ2v) is 10.0. The second-order valence-electron chi connectivity index (χ2n) is 10.0. The zero-order chi connectivity index (χ0) is 22.6. The highest BCUT2D eigenvalue weighted by atomic mass is 19.1. The predicted molar refractivity (Wildman–Crippen MR) is 123 cm³/mol. The van der Waals surface area contributed by atoms with Crippen LogP contribution in [0.25, 0.3) is 6.08 Å². The molecule has 2 aromatic carbocycles. The predicted octanol–water partition coefficient (Wildman–Crippen LogP) is 4.99. The van der Waals surface area contributed by atoms with Crippen molar-refractivity contribution in [3.63, 3.8) is 0 Å². The summed E-state index contributed by atoms with van der Waals surface area (Å²) in [5, 5.41) is 8.94. The molecule has 4 aliphatic rings. The molecule has 3 fully saturated rings. The first kappa shape index (κ1) is 20.7. The Balaban J connectivity index is 1.06. The van der Waals surface area contributed by atoms with Gasteiger partial charge in [-0.05, 0) is 80.0 Å². The molecule has 6 rings (SSSR count). The first-order valence-electron chi connectivity index (χ1n) is 11.9. The van der Waals surface area contributed by atoms with Gasteiger partial charge in [-0.25, -0.2) is 8.78 Å². The molecule has 2 heterocycles. The number of nitriles is 1. The normalized spacial score (nSPS) is 30.7. The highest BCUT2D eigenvalue weighted by molar-refractivity contribution is 5.61. The minimum absolute atomic E-state index is 0.0973. The number of hydrogen-bond donors (Lipinski definition) is 0. The van der Waals surface area contributed by atoms with Crippen molar-refractivity contribution in [1.82, 2.24) is 4.90 Å². The molecule has 0 aromatic heterocycles. The number of halogens is 2. The van der Waals surface area contributed by atoms with Crippen molar-refractivity contribution < 1.29 is 13.5 Å². The fourth-order valence-electron chi connectivity index (χ4n) is 6.54. The van der Waals surface area contributed by atoms with Crippen LogP contribution in [0, 0.1) is 34.8 Å². The fourth-order valence-corrected chi connectivity index (χ4v) is 6.54. The molecule has 0 radical (unpaired) electrons. The van der Waals surface area contributed by atoms with Gasteiger partial charge in [-0.2, -0.15) is 5.26 Å². The van der Waals surface area contributed by atoms with E-state index < -0.39 is 5.82 Å². The molecule has 2 atom stereocenters. The number of nitrogens with zero attached hydrogens (tertiary/aromatic N) is 3. The van der Waals surface area contributed by atoms with Gasteiger partial charge < -0.3 is 9.64 Å². The molecule has 2 saturated carbocycles. The van der Waals surface area contributed by atoms with Crippen LogP contribution in [0.2, 0.25) is 0 Å². The quantitative estimate of drug-likeness (QED) is 0.650. The maximum Gasteiger partial charge on any atom is 0.143 e. The summed E-state index contributed by atoms with van der Waals surface area (Å²) in [7, 11) is 0. The largest absolute Gasteiger partial charge is 0.483 e. The van der Waals surface area contributed by atoms with E-state index in [0.717, 1.165) is 56.0 Å². The molecule has 6 heteroatoms. The Morgan fingerprint density at radius 3 is 2.42 bits per heavy atom. The van der Waals surface area contributed by atoms with E-state index in [9.17, 15) is 8.78 Å². The van der Waals surface area contributed by atoms with E-state index in [4.69, 9.17) is 10.00 Å². The van der Waals surface area contributed by atoms with Crippen LogP contribution in [0.1, 0.15) is 36.8 Å². The van der Waals surface area contributed by atoms with Crippen LogP contribution in [0.3, 0.4) is 0 Å². The van der Waals surface area contributed by atoms with Crippen molar-refractivity contribution in [3.05, 3.63) is 65.2 Å². The maximum absolute atomic E-state index is 14.0. The first-order valence-corrected chi connectivity index (χ1v) is 11.9. The summed E-state index contributed by atoms with van der Waals surface area (Å²) in [5.74, 6) is 1.44. The standard InChI is InChI=1S/C27H27F2N3O/c28-22-2-4-26-18(11-22)5-6-27(33-26)15-20-12-24(13-21(20)16-27)32-9-7-31(8-10-32)23-3-1-19(17-30)25(29)14-23/h1-6,11,14,20-21,24H,7-10,12-13,15-16H2. The number of fused-ring (bicyclic) bond motifs is 2. The van der Waals surface area contributed by atoms with E-state index in [-0.39, 0.29) is 17.0 Å². The fraction of sp³-hybridized carbons (Fsp3) is 0.444. The molecule has 0 bridgehead atoms. The monoisotopic (exact) mass is 447 g/mol. The van der Waals surface area contributed by atoms with Crippen molar-refractivity contribution in [3.8, 4) is 11.8 Å². The lowest BCUT2D eigenvalue weighted by molar-refractivity contribution is 0.104. The Bertz CT molecular complexity index is 1130. The lowest BCUT2D eigenvalue weighted by Crippen LogP contribution is -2.50. The minimum atomic E-state index is -0.443. The number of rotatable bonds is 2. The Kier molecular flexibility index (Phi) is 4.92. The smallest absolute Gasteiger partial charge is 0.143 e. The highest BCUT2D eigenvalue weighted by Crippen LogP contribution is 2.53. The molecule has 2 aliphatic carbocycles. The molecular formula is C27H27F2N3O. The second kappa shape index (κ2) is 7.85. The molecule has 2 aliphatic heterocycles. The van der Waals surface area contributed by atoms with E-state index in [1.54, 1.807) is 12.1 Å². The summed E-state index contributed by atoms with van der Waals surface area (Å²) in [6.45, 7) is 3.71.